The van der Waals surface area contributed by atoms with Gasteiger partial charge < -0.3 is 9.88 Å². The van der Waals surface area contributed by atoms with Crippen molar-refractivity contribution < 1.29 is 0 Å². The first-order valence-corrected chi connectivity index (χ1v) is 9.45. The van der Waals surface area contributed by atoms with E-state index in [9.17, 15) is 0 Å². The Kier molecular flexibility index (Phi) is 4.77. The van der Waals surface area contributed by atoms with Crippen LogP contribution in [0.5, 0.6) is 0 Å². The van der Waals surface area contributed by atoms with Gasteiger partial charge in [-0.15, -0.1) is 0 Å². The van der Waals surface area contributed by atoms with E-state index in [0.29, 0.717) is 5.92 Å². The molecule has 132 valence electrons. The topological polar surface area (TPSA) is 23.4 Å². The van der Waals surface area contributed by atoms with Gasteiger partial charge >= 0.3 is 0 Å². The zero-order valence-corrected chi connectivity index (χ0v) is 15.3. The minimum absolute atomic E-state index is 0.671. The molecule has 1 heterocycles. The summed E-state index contributed by atoms with van der Waals surface area (Å²) in [6.07, 6.45) is 5.99. The molecule has 0 bridgehead atoms. The second-order valence-corrected chi connectivity index (χ2v) is 7.55. The third kappa shape index (κ3) is 3.66. The number of fused-ring (bicyclic) bond motifs is 1. The summed E-state index contributed by atoms with van der Waals surface area (Å²) in [6, 6.07) is 16.6. The quantitative estimate of drug-likeness (QED) is 0.544. The SMILES string of the molecule is [C-]#[N+]c1ccc2[nH]cc(C3CC3CCCN(C)Cc3ccccc3)c2c1. The highest BCUT2D eigenvalue weighted by molar-refractivity contribution is 5.87. The van der Waals surface area contributed by atoms with Crippen LogP contribution in [0.25, 0.3) is 15.7 Å². The monoisotopic (exact) mass is 343 g/mol. The van der Waals surface area contributed by atoms with Crippen LogP contribution in [0.3, 0.4) is 0 Å². The van der Waals surface area contributed by atoms with E-state index in [0.717, 1.165) is 30.2 Å². The molecule has 0 saturated heterocycles. The summed E-state index contributed by atoms with van der Waals surface area (Å²) in [4.78, 5) is 9.36. The van der Waals surface area contributed by atoms with Crippen molar-refractivity contribution in [1.29, 1.82) is 0 Å². The van der Waals surface area contributed by atoms with Gasteiger partial charge in [-0.25, -0.2) is 4.85 Å². The first-order chi connectivity index (χ1) is 12.7. The average Bonchev–Trinajstić information content (AvgIpc) is 3.30. The Morgan fingerprint density at radius 2 is 2.04 bits per heavy atom. The van der Waals surface area contributed by atoms with Crippen molar-refractivity contribution in [3.63, 3.8) is 0 Å². The van der Waals surface area contributed by atoms with Crippen LogP contribution in [0.2, 0.25) is 0 Å². The fourth-order valence-corrected chi connectivity index (χ4v) is 4.05. The molecule has 1 aromatic heterocycles. The van der Waals surface area contributed by atoms with E-state index in [-0.39, 0.29) is 0 Å². The second-order valence-electron chi connectivity index (χ2n) is 7.55. The van der Waals surface area contributed by atoms with E-state index >= 15 is 0 Å². The van der Waals surface area contributed by atoms with Gasteiger partial charge in [-0.3, -0.25) is 0 Å². The van der Waals surface area contributed by atoms with Crippen LogP contribution in [0.15, 0.2) is 54.7 Å². The molecule has 0 aliphatic heterocycles. The highest BCUT2D eigenvalue weighted by atomic mass is 15.1. The van der Waals surface area contributed by atoms with Crippen LogP contribution in [0.1, 0.15) is 36.3 Å². The number of benzene rings is 2. The number of aromatic amines is 1. The Hall–Kier alpha value is -2.57. The number of nitrogens with zero attached hydrogens (tertiary/aromatic N) is 2. The fourth-order valence-electron chi connectivity index (χ4n) is 4.05. The second kappa shape index (κ2) is 7.35. The summed E-state index contributed by atoms with van der Waals surface area (Å²) >= 11 is 0. The molecule has 4 rings (SSSR count). The largest absolute Gasteiger partial charge is 0.361 e. The molecule has 26 heavy (non-hydrogen) atoms. The summed E-state index contributed by atoms with van der Waals surface area (Å²) in [6.45, 7) is 9.40. The van der Waals surface area contributed by atoms with E-state index < -0.39 is 0 Å². The number of rotatable bonds is 7. The predicted molar refractivity (Wildman–Crippen MR) is 107 cm³/mol. The zero-order valence-electron chi connectivity index (χ0n) is 15.3. The van der Waals surface area contributed by atoms with Gasteiger partial charge in [0.25, 0.3) is 0 Å². The molecular formula is C23H25N3. The van der Waals surface area contributed by atoms with E-state index in [1.54, 1.807) is 0 Å². The van der Waals surface area contributed by atoms with Gasteiger partial charge in [0.2, 0.25) is 0 Å². The summed E-state index contributed by atoms with van der Waals surface area (Å²) in [5.74, 6) is 1.47. The van der Waals surface area contributed by atoms with Gasteiger partial charge in [-0.1, -0.05) is 36.4 Å². The highest BCUT2D eigenvalue weighted by Gasteiger charge is 2.38. The zero-order chi connectivity index (χ0) is 17.9. The van der Waals surface area contributed by atoms with E-state index in [2.05, 4.69) is 58.3 Å². The molecule has 0 spiro atoms. The third-order valence-electron chi connectivity index (χ3n) is 5.56. The number of hydrogen-bond donors (Lipinski definition) is 1. The Balaban J connectivity index is 1.29. The molecule has 1 aliphatic carbocycles. The average molecular weight is 343 g/mol. The van der Waals surface area contributed by atoms with Crippen LogP contribution in [0.4, 0.5) is 5.69 Å². The molecule has 3 aromatic rings. The van der Waals surface area contributed by atoms with Crippen molar-refractivity contribution in [3.05, 3.63) is 77.3 Å². The standard InChI is InChI=1S/C23H25N3/c1-24-19-10-11-23-21(14-19)22(15-25-23)20-13-18(20)9-6-12-26(2)16-17-7-4-3-5-8-17/h3-5,7-8,10-11,14-15,18,20,25H,6,9,12-13,16H2,2H3. The molecule has 3 heteroatoms. The van der Waals surface area contributed by atoms with Gasteiger partial charge in [-0.2, -0.15) is 0 Å². The maximum Gasteiger partial charge on any atom is 0.187 e. The minimum Gasteiger partial charge on any atom is -0.361 e. The Morgan fingerprint density at radius 1 is 1.19 bits per heavy atom. The van der Waals surface area contributed by atoms with Crippen LogP contribution < -0.4 is 0 Å². The van der Waals surface area contributed by atoms with Crippen molar-refractivity contribution in [1.82, 2.24) is 9.88 Å². The summed E-state index contributed by atoms with van der Waals surface area (Å²) in [5.41, 5.74) is 4.68. The van der Waals surface area contributed by atoms with E-state index in [1.165, 1.54) is 35.8 Å². The van der Waals surface area contributed by atoms with Crippen LogP contribution in [-0.4, -0.2) is 23.5 Å². The summed E-state index contributed by atoms with van der Waals surface area (Å²) < 4.78 is 0. The van der Waals surface area contributed by atoms with Gasteiger partial charge in [0.05, 0.1) is 6.57 Å². The number of aromatic nitrogens is 1. The van der Waals surface area contributed by atoms with Crippen LogP contribution in [0, 0.1) is 12.5 Å². The van der Waals surface area contributed by atoms with Crippen molar-refractivity contribution in [2.45, 2.75) is 31.7 Å². The van der Waals surface area contributed by atoms with Crippen molar-refractivity contribution in [2.24, 2.45) is 5.92 Å². The normalized spacial score (nSPS) is 19.0. The summed E-state index contributed by atoms with van der Waals surface area (Å²) in [5, 5.41) is 1.24. The minimum atomic E-state index is 0.671. The third-order valence-corrected chi connectivity index (χ3v) is 5.56. The Labute approximate surface area is 155 Å². The molecule has 1 fully saturated rings. The molecule has 1 N–H and O–H groups in total. The van der Waals surface area contributed by atoms with Crippen molar-refractivity contribution in [2.75, 3.05) is 13.6 Å². The predicted octanol–water partition coefficient (Wildman–Crippen LogP) is 5.73. The van der Waals surface area contributed by atoms with E-state index in [1.807, 2.05) is 18.2 Å². The highest BCUT2D eigenvalue weighted by Crippen LogP contribution is 2.52. The molecular weight excluding hydrogens is 318 g/mol. The van der Waals surface area contributed by atoms with Crippen LogP contribution in [-0.2, 0) is 6.54 Å². The van der Waals surface area contributed by atoms with Gasteiger partial charge in [-0.05, 0) is 73.3 Å². The first-order valence-electron chi connectivity index (χ1n) is 9.45. The Bertz CT molecular complexity index is 920. The van der Waals surface area contributed by atoms with Gasteiger partial charge in [0, 0.05) is 18.3 Å². The van der Waals surface area contributed by atoms with E-state index in [4.69, 9.17) is 6.57 Å². The Morgan fingerprint density at radius 3 is 2.85 bits per heavy atom. The summed E-state index contributed by atoms with van der Waals surface area (Å²) in [7, 11) is 2.21. The lowest BCUT2D eigenvalue weighted by Gasteiger charge is -2.16. The number of H-pyrrole nitrogens is 1. The number of hydrogen-bond acceptors (Lipinski definition) is 1. The van der Waals surface area contributed by atoms with Crippen molar-refractivity contribution >= 4 is 16.6 Å². The maximum atomic E-state index is 7.23. The molecule has 0 amide bonds. The molecule has 2 atom stereocenters. The molecule has 1 aliphatic rings. The lowest BCUT2D eigenvalue weighted by Crippen LogP contribution is -2.19. The first kappa shape index (κ1) is 16.9. The fraction of sp³-hybridized carbons (Fsp3) is 0.348. The van der Waals surface area contributed by atoms with Crippen molar-refractivity contribution in [3.8, 4) is 0 Å². The molecule has 2 unspecified atom stereocenters. The number of nitrogens with one attached hydrogen (secondary N) is 1. The molecule has 2 aromatic carbocycles. The molecule has 0 radical (unpaired) electrons. The smallest absolute Gasteiger partial charge is 0.187 e. The molecule has 1 saturated carbocycles. The lowest BCUT2D eigenvalue weighted by molar-refractivity contribution is 0.315. The van der Waals surface area contributed by atoms with Crippen LogP contribution >= 0.6 is 0 Å². The van der Waals surface area contributed by atoms with Gasteiger partial charge in [0.15, 0.2) is 5.69 Å². The van der Waals surface area contributed by atoms with Gasteiger partial charge in [0.1, 0.15) is 0 Å². The molecule has 3 nitrogen and oxygen atoms in total. The lowest BCUT2D eigenvalue weighted by atomic mass is 10.1. The maximum absolute atomic E-state index is 7.23.